The number of hydrogen-bond donors (Lipinski definition) is 1. The number of piperazine rings is 1. The molecule has 0 radical (unpaired) electrons. The van der Waals surface area contributed by atoms with Crippen LogP contribution in [0.1, 0.15) is 32.5 Å². The summed E-state index contributed by atoms with van der Waals surface area (Å²) in [4.78, 5) is 2.44. The number of hydrogen-bond acceptors (Lipinski definition) is 5. The summed E-state index contributed by atoms with van der Waals surface area (Å²) in [6, 6.07) is 0.556. The quantitative estimate of drug-likeness (QED) is 0.798. The van der Waals surface area contributed by atoms with Crippen LogP contribution in [0, 0.1) is 0 Å². The molecular formula is C11H22N6. The number of nitrogens with one attached hydrogen (secondary N) is 1. The summed E-state index contributed by atoms with van der Waals surface area (Å²) < 4.78 is 1.94. The fourth-order valence-corrected chi connectivity index (χ4v) is 2.12. The summed E-state index contributed by atoms with van der Waals surface area (Å²) in [5.74, 6) is 0.993. The zero-order valence-electron chi connectivity index (χ0n) is 10.8. The van der Waals surface area contributed by atoms with Gasteiger partial charge in [-0.3, -0.25) is 4.90 Å². The Hall–Kier alpha value is -1.01. The summed E-state index contributed by atoms with van der Waals surface area (Å²) in [5, 5.41) is 15.4. The Morgan fingerprint density at radius 3 is 3.12 bits per heavy atom. The summed E-state index contributed by atoms with van der Waals surface area (Å²) in [7, 11) is 0. The van der Waals surface area contributed by atoms with Crippen LogP contribution in [-0.4, -0.2) is 50.8 Å². The average Bonchev–Trinajstić information content (AvgIpc) is 2.77. The molecular weight excluding hydrogens is 216 g/mol. The Morgan fingerprint density at radius 1 is 1.47 bits per heavy atom. The van der Waals surface area contributed by atoms with E-state index in [4.69, 9.17) is 0 Å². The van der Waals surface area contributed by atoms with Gasteiger partial charge in [0, 0.05) is 32.2 Å². The highest BCUT2D eigenvalue weighted by Crippen LogP contribution is 2.08. The van der Waals surface area contributed by atoms with Gasteiger partial charge >= 0.3 is 0 Å². The molecule has 96 valence electrons. The number of aryl methyl sites for hydroxylation is 1. The molecule has 0 aliphatic carbocycles. The van der Waals surface area contributed by atoms with Crippen molar-refractivity contribution in [3.8, 4) is 0 Å². The van der Waals surface area contributed by atoms with Gasteiger partial charge in [0.15, 0.2) is 5.82 Å². The van der Waals surface area contributed by atoms with E-state index in [9.17, 15) is 0 Å². The molecule has 0 saturated carbocycles. The molecule has 6 heteroatoms. The van der Waals surface area contributed by atoms with Gasteiger partial charge in [-0.05, 0) is 23.8 Å². The number of unbranched alkanes of at least 4 members (excludes halogenated alkanes) is 1. The molecule has 1 aromatic rings. The van der Waals surface area contributed by atoms with Crippen molar-refractivity contribution in [1.29, 1.82) is 0 Å². The third-order valence-corrected chi connectivity index (χ3v) is 3.31. The minimum absolute atomic E-state index is 0.556. The van der Waals surface area contributed by atoms with E-state index in [0.29, 0.717) is 6.04 Å². The fourth-order valence-electron chi connectivity index (χ4n) is 2.12. The summed E-state index contributed by atoms with van der Waals surface area (Å²) >= 11 is 0. The molecule has 17 heavy (non-hydrogen) atoms. The number of rotatable bonds is 5. The van der Waals surface area contributed by atoms with Crippen molar-refractivity contribution in [1.82, 2.24) is 30.4 Å². The van der Waals surface area contributed by atoms with Gasteiger partial charge in [-0.15, -0.1) is 5.10 Å². The third kappa shape index (κ3) is 3.23. The van der Waals surface area contributed by atoms with Crippen LogP contribution in [0.15, 0.2) is 0 Å². The van der Waals surface area contributed by atoms with E-state index in [2.05, 4.69) is 39.6 Å². The zero-order valence-corrected chi connectivity index (χ0v) is 10.8. The van der Waals surface area contributed by atoms with E-state index in [1.807, 2.05) is 4.68 Å². The Bertz CT molecular complexity index is 336. The maximum atomic E-state index is 4.14. The number of nitrogens with zero attached hydrogens (tertiary/aromatic N) is 5. The first-order valence-corrected chi connectivity index (χ1v) is 6.51. The topological polar surface area (TPSA) is 58.9 Å². The molecule has 2 rings (SSSR count). The Morgan fingerprint density at radius 2 is 2.35 bits per heavy atom. The first kappa shape index (κ1) is 12.4. The van der Waals surface area contributed by atoms with Gasteiger partial charge in [0.2, 0.25) is 0 Å². The number of aromatic nitrogens is 4. The summed E-state index contributed by atoms with van der Waals surface area (Å²) in [6.07, 6.45) is 2.30. The molecule has 6 nitrogen and oxygen atoms in total. The smallest absolute Gasteiger partial charge is 0.165 e. The lowest BCUT2D eigenvalue weighted by Gasteiger charge is -2.33. The van der Waals surface area contributed by atoms with E-state index in [1.165, 1.54) is 6.42 Å². The molecule has 1 N–H and O–H groups in total. The SMILES string of the molecule is CCCCn1nnnc1CN1CCNC[C@@H]1C. The minimum Gasteiger partial charge on any atom is -0.314 e. The highest BCUT2D eigenvalue weighted by molar-refractivity contribution is 4.85. The monoisotopic (exact) mass is 238 g/mol. The molecule has 1 aromatic heterocycles. The van der Waals surface area contributed by atoms with Crippen LogP contribution < -0.4 is 5.32 Å². The van der Waals surface area contributed by atoms with Crippen LogP contribution >= 0.6 is 0 Å². The van der Waals surface area contributed by atoms with Crippen LogP contribution in [0.3, 0.4) is 0 Å². The maximum absolute atomic E-state index is 4.14. The summed E-state index contributed by atoms with van der Waals surface area (Å²) in [5.41, 5.74) is 0. The summed E-state index contributed by atoms with van der Waals surface area (Å²) in [6.45, 7) is 9.40. The highest BCUT2D eigenvalue weighted by atomic mass is 15.5. The number of tetrazole rings is 1. The highest BCUT2D eigenvalue weighted by Gasteiger charge is 2.20. The van der Waals surface area contributed by atoms with Crippen molar-refractivity contribution in [2.45, 2.75) is 45.8 Å². The van der Waals surface area contributed by atoms with Crippen molar-refractivity contribution < 1.29 is 0 Å². The van der Waals surface area contributed by atoms with Gasteiger partial charge in [0.25, 0.3) is 0 Å². The van der Waals surface area contributed by atoms with E-state index in [0.717, 1.165) is 45.0 Å². The van der Waals surface area contributed by atoms with Gasteiger partial charge in [-0.25, -0.2) is 4.68 Å². The van der Waals surface area contributed by atoms with E-state index >= 15 is 0 Å². The molecule has 1 aliphatic heterocycles. The standard InChI is InChI=1S/C11H22N6/c1-3-4-6-17-11(13-14-15-17)9-16-7-5-12-8-10(16)2/h10,12H,3-9H2,1-2H3/t10-/m0/s1. The zero-order chi connectivity index (χ0) is 12.1. The molecule has 0 unspecified atom stereocenters. The molecule has 0 spiro atoms. The van der Waals surface area contributed by atoms with Crippen molar-refractivity contribution in [2.24, 2.45) is 0 Å². The average molecular weight is 238 g/mol. The predicted octanol–water partition coefficient (Wildman–Crippen LogP) is 0.267. The lowest BCUT2D eigenvalue weighted by Crippen LogP contribution is -2.49. The molecule has 0 amide bonds. The van der Waals surface area contributed by atoms with Crippen LogP contribution in [0.5, 0.6) is 0 Å². The molecule has 0 aromatic carbocycles. The van der Waals surface area contributed by atoms with Crippen LogP contribution in [-0.2, 0) is 13.1 Å². The third-order valence-electron chi connectivity index (χ3n) is 3.31. The second-order valence-corrected chi connectivity index (χ2v) is 4.70. The fraction of sp³-hybridized carbons (Fsp3) is 0.909. The predicted molar refractivity (Wildman–Crippen MR) is 65.5 cm³/mol. The second kappa shape index (κ2) is 6.07. The largest absolute Gasteiger partial charge is 0.314 e. The molecule has 1 atom stereocenters. The normalized spacial score (nSPS) is 21.9. The Labute approximate surface area is 102 Å². The van der Waals surface area contributed by atoms with Crippen molar-refractivity contribution in [3.05, 3.63) is 5.82 Å². The van der Waals surface area contributed by atoms with Crippen molar-refractivity contribution in [2.75, 3.05) is 19.6 Å². The van der Waals surface area contributed by atoms with Gasteiger partial charge in [-0.2, -0.15) is 0 Å². The first-order valence-electron chi connectivity index (χ1n) is 6.51. The van der Waals surface area contributed by atoms with Crippen LogP contribution in [0.4, 0.5) is 0 Å². The maximum Gasteiger partial charge on any atom is 0.165 e. The van der Waals surface area contributed by atoms with Gasteiger partial charge in [0.05, 0.1) is 6.54 Å². The molecule has 2 heterocycles. The molecule has 1 aliphatic rings. The molecule has 1 fully saturated rings. The van der Waals surface area contributed by atoms with E-state index < -0.39 is 0 Å². The van der Waals surface area contributed by atoms with Crippen molar-refractivity contribution >= 4 is 0 Å². The lowest BCUT2D eigenvalue weighted by atomic mass is 10.2. The van der Waals surface area contributed by atoms with Gasteiger partial charge in [-0.1, -0.05) is 13.3 Å². The van der Waals surface area contributed by atoms with E-state index in [1.54, 1.807) is 0 Å². The second-order valence-electron chi connectivity index (χ2n) is 4.70. The van der Waals surface area contributed by atoms with E-state index in [-0.39, 0.29) is 0 Å². The van der Waals surface area contributed by atoms with Gasteiger partial charge < -0.3 is 5.32 Å². The molecule has 0 bridgehead atoms. The minimum atomic E-state index is 0.556. The Balaban J connectivity index is 1.95. The Kier molecular flexibility index (Phi) is 4.44. The van der Waals surface area contributed by atoms with Crippen LogP contribution in [0.2, 0.25) is 0 Å². The lowest BCUT2D eigenvalue weighted by molar-refractivity contribution is 0.159. The van der Waals surface area contributed by atoms with Gasteiger partial charge in [0.1, 0.15) is 0 Å². The van der Waals surface area contributed by atoms with Crippen molar-refractivity contribution in [3.63, 3.8) is 0 Å². The first-order chi connectivity index (χ1) is 8.31. The van der Waals surface area contributed by atoms with Crippen LogP contribution in [0.25, 0.3) is 0 Å². The molecule has 1 saturated heterocycles.